The summed E-state index contributed by atoms with van der Waals surface area (Å²) in [5.74, 6) is -1.60. The van der Waals surface area contributed by atoms with Crippen LogP contribution in [0.3, 0.4) is 0 Å². The molecule has 0 unspecified atom stereocenters. The van der Waals surface area contributed by atoms with Gasteiger partial charge in [0.25, 0.3) is 5.56 Å². The maximum atomic E-state index is 12.3. The zero-order valence-corrected chi connectivity index (χ0v) is 12.4. The van der Waals surface area contributed by atoms with Crippen LogP contribution >= 0.6 is 0 Å². The number of ketones is 1. The molecule has 1 aliphatic rings. The van der Waals surface area contributed by atoms with Crippen molar-refractivity contribution in [2.24, 2.45) is 0 Å². The SMILES string of the molecule is CC(=O)c1cn([C@@H]2O[C@H](CO)[C@@H](O)[C@H]2O)c(=O)n(C(C)=O)c1=O. The van der Waals surface area contributed by atoms with E-state index in [9.17, 15) is 29.4 Å². The largest absolute Gasteiger partial charge is 0.394 e. The molecule has 1 fully saturated rings. The molecule has 0 radical (unpaired) electrons. The van der Waals surface area contributed by atoms with E-state index < -0.39 is 59.6 Å². The third-order valence-corrected chi connectivity index (χ3v) is 3.60. The third kappa shape index (κ3) is 2.77. The summed E-state index contributed by atoms with van der Waals surface area (Å²) in [5, 5.41) is 28.8. The fraction of sp³-hybridized carbons (Fsp3) is 0.538. The van der Waals surface area contributed by atoms with Gasteiger partial charge in [0.1, 0.15) is 18.3 Å². The maximum Gasteiger partial charge on any atom is 0.340 e. The quantitative estimate of drug-likeness (QED) is 0.515. The molecule has 0 spiro atoms. The Hall–Kier alpha value is -2.14. The van der Waals surface area contributed by atoms with Crippen LogP contribution in [-0.2, 0) is 4.74 Å². The molecule has 0 amide bonds. The van der Waals surface area contributed by atoms with E-state index in [4.69, 9.17) is 9.84 Å². The van der Waals surface area contributed by atoms with E-state index in [1.54, 1.807) is 0 Å². The van der Waals surface area contributed by atoms with Crippen molar-refractivity contribution >= 4 is 11.7 Å². The zero-order valence-electron chi connectivity index (χ0n) is 12.4. The number of aliphatic hydroxyl groups excluding tert-OH is 3. The second-order valence-electron chi connectivity index (χ2n) is 5.18. The van der Waals surface area contributed by atoms with Crippen LogP contribution in [0.15, 0.2) is 15.8 Å². The van der Waals surface area contributed by atoms with Gasteiger partial charge in [-0.1, -0.05) is 0 Å². The first-order valence-corrected chi connectivity index (χ1v) is 6.73. The Bertz CT molecular complexity index is 764. The maximum absolute atomic E-state index is 12.3. The Kier molecular flexibility index (Phi) is 4.61. The molecule has 2 rings (SSSR count). The monoisotopic (exact) mass is 328 g/mol. The van der Waals surface area contributed by atoms with Crippen LogP contribution in [0.25, 0.3) is 0 Å². The van der Waals surface area contributed by atoms with Gasteiger partial charge in [0.15, 0.2) is 12.0 Å². The van der Waals surface area contributed by atoms with E-state index in [2.05, 4.69) is 0 Å². The molecular weight excluding hydrogens is 312 g/mol. The Labute approximate surface area is 129 Å². The summed E-state index contributed by atoms with van der Waals surface area (Å²) in [5.41, 5.74) is -2.64. The van der Waals surface area contributed by atoms with E-state index in [-0.39, 0.29) is 4.57 Å². The molecule has 1 saturated heterocycles. The Morgan fingerprint density at radius 3 is 2.26 bits per heavy atom. The first-order valence-electron chi connectivity index (χ1n) is 6.73. The number of Topliss-reactive ketones (excluding diaryl/α,β-unsaturated/α-hetero) is 1. The number of rotatable bonds is 3. The number of hydrogen-bond donors (Lipinski definition) is 3. The molecule has 0 aromatic carbocycles. The lowest BCUT2D eigenvalue weighted by molar-refractivity contribution is -0.0554. The van der Waals surface area contributed by atoms with Crippen LogP contribution in [0.1, 0.15) is 35.2 Å². The Morgan fingerprint density at radius 2 is 1.83 bits per heavy atom. The summed E-state index contributed by atoms with van der Waals surface area (Å²) in [4.78, 5) is 47.4. The van der Waals surface area contributed by atoms with E-state index in [1.807, 2.05) is 0 Å². The molecule has 0 aliphatic carbocycles. The molecule has 23 heavy (non-hydrogen) atoms. The van der Waals surface area contributed by atoms with E-state index in [1.165, 1.54) is 0 Å². The molecule has 4 atom stereocenters. The number of aromatic nitrogens is 2. The highest BCUT2D eigenvalue weighted by Gasteiger charge is 2.44. The highest BCUT2D eigenvalue weighted by atomic mass is 16.6. The van der Waals surface area contributed by atoms with Crippen molar-refractivity contribution in [3.05, 3.63) is 32.6 Å². The van der Waals surface area contributed by atoms with Gasteiger partial charge in [-0.3, -0.25) is 19.0 Å². The van der Waals surface area contributed by atoms with Gasteiger partial charge in [0.05, 0.1) is 12.2 Å². The topological polar surface area (TPSA) is 148 Å². The Balaban J connectivity index is 2.69. The zero-order chi connectivity index (χ0) is 17.5. The molecule has 1 aromatic heterocycles. The number of aliphatic hydroxyl groups is 3. The van der Waals surface area contributed by atoms with Crippen LogP contribution in [0, 0.1) is 0 Å². The van der Waals surface area contributed by atoms with E-state index >= 15 is 0 Å². The van der Waals surface area contributed by atoms with Crippen molar-refractivity contribution in [1.29, 1.82) is 0 Å². The number of ether oxygens (including phenoxy) is 1. The summed E-state index contributed by atoms with van der Waals surface area (Å²) in [6.45, 7) is 1.43. The normalized spacial score (nSPS) is 27.2. The van der Waals surface area contributed by atoms with Gasteiger partial charge in [-0.2, -0.15) is 4.57 Å². The van der Waals surface area contributed by atoms with Gasteiger partial charge in [-0.25, -0.2) is 4.79 Å². The predicted molar refractivity (Wildman–Crippen MR) is 74.3 cm³/mol. The fourth-order valence-corrected chi connectivity index (χ4v) is 2.38. The molecular formula is C13H16N2O8. The second-order valence-corrected chi connectivity index (χ2v) is 5.18. The average Bonchev–Trinajstić information content (AvgIpc) is 2.74. The molecule has 126 valence electrons. The van der Waals surface area contributed by atoms with Crippen molar-refractivity contribution in [2.45, 2.75) is 38.4 Å². The Morgan fingerprint density at radius 1 is 1.22 bits per heavy atom. The summed E-state index contributed by atoms with van der Waals surface area (Å²) in [6.07, 6.45) is -4.82. The highest BCUT2D eigenvalue weighted by molar-refractivity contribution is 5.94. The highest BCUT2D eigenvalue weighted by Crippen LogP contribution is 2.28. The fourth-order valence-electron chi connectivity index (χ4n) is 2.38. The number of hydrogen-bond acceptors (Lipinski definition) is 8. The first kappa shape index (κ1) is 17.2. The molecule has 10 heteroatoms. The summed E-state index contributed by atoms with van der Waals surface area (Å²) in [7, 11) is 0. The lowest BCUT2D eigenvalue weighted by atomic mass is 10.1. The van der Waals surface area contributed by atoms with Gasteiger partial charge >= 0.3 is 5.69 Å². The van der Waals surface area contributed by atoms with Gasteiger partial charge in [0.2, 0.25) is 5.91 Å². The van der Waals surface area contributed by atoms with E-state index in [0.29, 0.717) is 4.57 Å². The van der Waals surface area contributed by atoms with Crippen molar-refractivity contribution in [1.82, 2.24) is 9.13 Å². The lowest BCUT2D eigenvalue weighted by Gasteiger charge is -2.19. The minimum absolute atomic E-state index is 0.242. The molecule has 0 saturated carbocycles. The third-order valence-electron chi connectivity index (χ3n) is 3.60. The second kappa shape index (κ2) is 6.16. The van der Waals surface area contributed by atoms with Crippen LogP contribution in [-0.4, -0.2) is 61.1 Å². The molecule has 10 nitrogen and oxygen atoms in total. The summed E-state index contributed by atoms with van der Waals surface area (Å²) < 4.78 is 6.11. The number of carbonyl (C=O) groups is 2. The molecule has 3 N–H and O–H groups in total. The van der Waals surface area contributed by atoms with Gasteiger partial charge < -0.3 is 20.1 Å². The van der Waals surface area contributed by atoms with Crippen molar-refractivity contribution in [2.75, 3.05) is 6.61 Å². The van der Waals surface area contributed by atoms with Crippen molar-refractivity contribution < 1.29 is 29.6 Å². The van der Waals surface area contributed by atoms with Gasteiger partial charge in [-0.05, 0) is 6.92 Å². The smallest absolute Gasteiger partial charge is 0.340 e. The van der Waals surface area contributed by atoms with Crippen LogP contribution in [0.2, 0.25) is 0 Å². The molecule has 2 heterocycles. The minimum Gasteiger partial charge on any atom is -0.394 e. The molecule has 0 bridgehead atoms. The average molecular weight is 328 g/mol. The van der Waals surface area contributed by atoms with Crippen molar-refractivity contribution in [3.63, 3.8) is 0 Å². The molecule has 1 aromatic rings. The number of carbonyl (C=O) groups excluding carboxylic acids is 2. The first-order chi connectivity index (χ1) is 10.7. The van der Waals surface area contributed by atoms with Crippen LogP contribution in [0.4, 0.5) is 0 Å². The standard InChI is InChI=1S/C13H16N2O8/c1-5(17)7-3-14(13(22)15(6(2)18)11(7)21)12-10(20)9(19)8(4-16)23-12/h3,8-10,12,16,19-20H,4H2,1-2H3/t8-,9-,10-,12-/m1/s1. The lowest BCUT2D eigenvalue weighted by Crippen LogP contribution is -2.47. The minimum atomic E-state index is -1.59. The van der Waals surface area contributed by atoms with Crippen LogP contribution in [0.5, 0.6) is 0 Å². The summed E-state index contributed by atoms with van der Waals surface area (Å²) >= 11 is 0. The van der Waals surface area contributed by atoms with Gasteiger partial charge in [0, 0.05) is 13.1 Å². The summed E-state index contributed by atoms with van der Waals surface area (Å²) in [6, 6.07) is 0. The predicted octanol–water partition coefficient (Wildman–Crippen LogP) is -2.52. The van der Waals surface area contributed by atoms with Crippen molar-refractivity contribution in [3.8, 4) is 0 Å². The number of nitrogens with zero attached hydrogens (tertiary/aromatic N) is 2. The molecule has 1 aliphatic heterocycles. The van der Waals surface area contributed by atoms with Crippen LogP contribution < -0.4 is 11.2 Å². The van der Waals surface area contributed by atoms with Gasteiger partial charge in [-0.15, -0.1) is 0 Å². The van der Waals surface area contributed by atoms with E-state index in [0.717, 1.165) is 20.0 Å².